The fraction of sp³-hybridized carbons (Fsp3) is 0.400. The molecular weight excluding hydrogens is 266 g/mol. The van der Waals surface area contributed by atoms with Crippen LogP contribution in [0.2, 0.25) is 0 Å². The third-order valence-electron chi connectivity index (χ3n) is 3.95. The smallest absolute Gasteiger partial charge is 0.244 e. The summed E-state index contributed by atoms with van der Waals surface area (Å²) in [7, 11) is 0. The van der Waals surface area contributed by atoms with Gasteiger partial charge < -0.3 is 10.6 Å². The molecular formula is C15H19N5O. The number of aromatic nitrogens is 3. The van der Waals surface area contributed by atoms with Crippen LogP contribution in [0.4, 0.5) is 5.69 Å². The summed E-state index contributed by atoms with van der Waals surface area (Å²) in [5.74, 6) is 1.66. The summed E-state index contributed by atoms with van der Waals surface area (Å²) in [6, 6.07) is 3.73. The predicted octanol–water partition coefficient (Wildman–Crippen LogP) is 1.66. The molecule has 2 N–H and O–H groups in total. The number of imidazole rings is 1. The van der Waals surface area contributed by atoms with Gasteiger partial charge in [-0.05, 0) is 45.4 Å². The molecule has 1 atom stereocenters. The highest BCUT2D eigenvalue weighted by molar-refractivity contribution is 5.97. The van der Waals surface area contributed by atoms with Gasteiger partial charge in [0.05, 0.1) is 17.4 Å². The first-order valence-corrected chi connectivity index (χ1v) is 7.11. The second kappa shape index (κ2) is 5.29. The molecule has 6 heteroatoms. The van der Waals surface area contributed by atoms with Crippen LogP contribution in [-0.4, -0.2) is 32.5 Å². The molecule has 0 aliphatic carbocycles. The van der Waals surface area contributed by atoms with E-state index in [4.69, 9.17) is 0 Å². The molecule has 6 nitrogen and oxygen atoms in total. The van der Waals surface area contributed by atoms with E-state index in [0.29, 0.717) is 5.69 Å². The van der Waals surface area contributed by atoms with E-state index in [1.54, 1.807) is 12.4 Å². The van der Waals surface area contributed by atoms with Crippen molar-refractivity contribution in [1.29, 1.82) is 0 Å². The molecule has 1 unspecified atom stereocenters. The maximum absolute atomic E-state index is 12.3. The highest BCUT2D eigenvalue weighted by Gasteiger charge is 2.35. The fourth-order valence-electron chi connectivity index (χ4n) is 2.58. The summed E-state index contributed by atoms with van der Waals surface area (Å²) in [6.07, 6.45) is 7.16. The van der Waals surface area contributed by atoms with Crippen LogP contribution in [0.5, 0.6) is 0 Å². The minimum atomic E-state index is -0.473. The second-order valence-corrected chi connectivity index (χ2v) is 5.57. The van der Waals surface area contributed by atoms with Crippen LogP contribution in [-0.2, 0) is 4.79 Å². The van der Waals surface area contributed by atoms with Crippen molar-refractivity contribution >= 4 is 11.6 Å². The molecule has 1 fully saturated rings. The number of anilines is 1. The van der Waals surface area contributed by atoms with Crippen molar-refractivity contribution in [2.24, 2.45) is 0 Å². The summed E-state index contributed by atoms with van der Waals surface area (Å²) in [4.78, 5) is 20.8. The van der Waals surface area contributed by atoms with Crippen molar-refractivity contribution in [3.63, 3.8) is 0 Å². The molecule has 0 bridgehead atoms. The Morgan fingerprint density at radius 1 is 1.43 bits per heavy atom. The van der Waals surface area contributed by atoms with Crippen LogP contribution >= 0.6 is 0 Å². The van der Waals surface area contributed by atoms with Crippen LogP contribution in [0.15, 0.2) is 30.7 Å². The van der Waals surface area contributed by atoms with E-state index in [-0.39, 0.29) is 5.91 Å². The van der Waals surface area contributed by atoms with Gasteiger partial charge in [-0.2, -0.15) is 0 Å². The summed E-state index contributed by atoms with van der Waals surface area (Å²) >= 11 is 0. The predicted molar refractivity (Wildman–Crippen MR) is 80.4 cm³/mol. The normalized spacial score (nSPS) is 21.4. The number of nitrogens with one attached hydrogen (secondary N) is 2. The molecule has 0 saturated carbocycles. The van der Waals surface area contributed by atoms with E-state index in [9.17, 15) is 4.79 Å². The van der Waals surface area contributed by atoms with E-state index < -0.39 is 5.54 Å². The molecule has 0 spiro atoms. The molecule has 3 heterocycles. The lowest BCUT2D eigenvalue weighted by Gasteiger charge is -2.22. The number of hydrogen-bond donors (Lipinski definition) is 2. The fourth-order valence-corrected chi connectivity index (χ4v) is 2.58. The van der Waals surface area contributed by atoms with Crippen LogP contribution < -0.4 is 10.6 Å². The maximum Gasteiger partial charge on any atom is 0.244 e. The maximum atomic E-state index is 12.3. The average Bonchev–Trinajstić information content (AvgIpc) is 3.09. The first kappa shape index (κ1) is 13.8. The SMILES string of the molecule is Cc1nccn1-c1ccc(NC(=O)C2(C)CCCN2)cn1. The highest BCUT2D eigenvalue weighted by Crippen LogP contribution is 2.21. The zero-order valence-electron chi connectivity index (χ0n) is 12.3. The van der Waals surface area contributed by atoms with Crippen LogP contribution in [0.25, 0.3) is 5.82 Å². The first-order chi connectivity index (χ1) is 10.1. The third-order valence-corrected chi connectivity index (χ3v) is 3.95. The largest absolute Gasteiger partial charge is 0.323 e. The van der Waals surface area contributed by atoms with Crippen molar-refractivity contribution in [3.8, 4) is 5.82 Å². The summed E-state index contributed by atoms with van der Waals surface area (Å²) in [5, 5.41) is 6.17. The van der Waals surface area contributed by atoms with Gasteiger partial charge in [0.25, 0.3) is 0 Å². The molecule has 1 aliphatic rings. The Hall–Kier alpha value is -2.21. The molecule has 2 aromatic heterocycles. The molecule has 1 saturated heterocycles. The molecule has 1 aliphatic heterocycles. The van der Waals surface area contributed by atoms with Crippen LogP contribution in [0, 0.1) is 6.92 Å². The number of nitrogens with zero attached hydrogens (tertiary/aromatic N) is 3. The summed E-state index contributed by atoms with van der Waals surface area (Å²) < 4.78 is 1.89. The van der Waals surface area contributed by atoms with Gasteiger partial charge in [0.15, 0.2) is 0 Å². The van der Waals surface area contributed by atoms with Crippen LogP contribution in [0.3, 0.4) is 0 Å². The molecule has 0 radical (unpaired) electrons. The van der Waals surface area contributed by atoms with E-state index >= 15 is 0 Å². The first-order valence-electron chi connectivity index (χ1n) is 7.11. The monoisotopic (exact) mass is 285 g/mol. The molecule has 3 rings (SSSR count). The Balaban J connectivity index is 1.73. The third kappa shape index (κ3) is 2.67. The lowest BCUT2D eigenvalue weighted by atomic mass is 9.99. The van der Waals surface area contributed by atoms with Gasteiger partial charge >= 0.3 is 0 Å². The van der Waals surface area contributed by atoms with Crippen molar-refractivity contribution in [2.45, 2.75) is 32.2 Å². The Morgan fingerprint density at radius 3 is 2.86 bits per heavy atom. The van der Waals surface area contributed by atoms with Crippen molar-refractivity contribution < 1.29 is 4.79 Å². The molecule has 2 aromatic rings. The zero-order valence-corrected chi connectivity index (χ0v) is 12.3. The minimum absolute atomic E-state index is 0.00615. The number of carbonyl (C=O) groups is 1. The van der Waals surface area contributed by atoms with E-state index in [1.165, 1.54) is 0 Å². The topological polar surface area (TPSA) is 71.8 Å². The van der Waals surface area contributed by atoms with Gasteiger partial charge in [0, 0.05) is 12.4 Å². The quantitative estimate of drug-likeness (QED) is 0.899. The Labute approximate surface area is 123 Å². The lowest BCUT2D eigenvalue weighted by molar-refractivity contribution is -0.121. The Morgan fingerprint density at radius 2 is 2.29 bits per heavy atom. The van der Waals surface area contributed by atoms with Gasteiger partial charge in [-0.25, -0.2) is 9.97 Å². The van der Waals surface area contributed by atoms with Gasteiger partial charge in [-0.3, -0.25) is 9.36 Å². The second-order valence-electron chi connectivity index (χ2n) is 5.57. The molecule has 21 heavy (non-hydrogen) atoms. The van der Waals surface area contributed by atoms with Crippen molar-refractivity contribution in [1.82, 2.24) is 19.9 Å². The van der Waals surface area contributed by atoms with E-state index in [2.05, 4.69) is 20.6 Å². The van der Waals surface area contributed by atoms with Crippen molar-refractivity contribution in [3.05, 3.63) is 36.5 Å². The Bertz CT molecular complexity index is 640. The number of pyridine rings is 1. The lowest BCUT2D eigenvalue weighted by Crippen LogP contribution is -2.47. The van der Waals surface area contributed by atoms with Crippen LogP contribution in [0.1, 0.15) is 25.6 Å². The molecule has 1 amide bonds. The Kier molecular flexibility index (Phi) is 3.47. The minimum Gasteiger partial charge on any atom is -0.323 e. The van der Waals surface area contributed by atoms with E-state index in [0.717, 1.165) is 31.0 Å². The van der Waals surface area contributed by atoms with Gasteiger partial charge in [0.2, 0.25) is 5.91 Å². The number of rotatable bonds is 3. The molecule has 110 valence electrons. The summed E-state index contributed by atoms with van der Waals surface area (Å²) in [6.45, 7) is 4.75. The average molecular weight is 285 g/mol. The number of carbonyl (C=O) groups excluding carboxylic acids is 1. The van der Waals surface area contributed by atoms with E-state index in [1.807, 2.05) is 36.7 Å². The van der Waals surface area contributed by atoms with Gasteiger partial charge in [-0.15, -0.1) is 0 Å². The molecule has 0 aromatic carbocycles. The standard InChI is InChI=1S/C15H19N5O/c1-11-16-8-9-20(11)13-5-4-12(10-17-13)19-14(21)15(2)6-3-7-18-15/h4-5,8-10,18H,3,6-7H2,1-2H3,(H,19,21). The van der Waals surface area contributed by atoms with Crippen molar-refractivity contribution in [2.75, 3.05) is 11.9 Å². The van der Waals surface area contributed by atoms with Gasteiger partial charge in [0.1, 0.15) is 11.6 Å². The summed E-state index contributed by atoms with van der Waals surface area (Å²) in [5.41, 5.74) is 0.232. The van der Waals surface area contributed by atoms with Gasteiger partial charge in [-0.1, -0.05) is 0 Å². The number of aryl methyl sites for hydroxylation is 1. The number of amides is 1. The highest BCUT2D eigenvalue weighted by atomic mass is 16.2. The number of hydrogen-bond acceptors (Lipinski definition) is 4. The zero-order chi connectivity index (χ0) is 14.9.